The van der Waals surface area contributed by atoms with Crippen LogP contribution in [0.4, 0.5) is 0 Å². The van der Waals surface area contributed by atoms with E-state index in [-0.39, 0.29) is 24.9 Å². The van der Waals surface area contributed by atoms with Crippen molar-refractivity contribution < 1.29 is 24.5 Å². The normalized spacial score (nSPS) is 13.3. The summed E-state index contributed by atoms with van der Waals surface area (Å²) in [7, 11) is 0. The molecular weight excluding hydrogens is 707 g/mol. The van der Waals surface area contributed by atoms with E-state index >= 15 is 0 Å². The van der Waals surface area contributed by atoms with Crippen LogP contribution in [-0.2, 0) is 14.3 Å². The molecule has 0 aliphatic carbocycles. The van der Waals surface area contributed by atoms with Crippen molar-refractivity contribution in [1.29, 1.82) is 0 Å². The Bertz CT molecular complexity index is 863. The zero-order valence-corrected chi connectivity index (χ0v) is 38.5. The number of allylic oxidation sites excluding steroid dienone is 2. The quantitative estimate of drug-likeness (QED) is 0.0323. The number of amides is 1. The third kappa shape index (κ3) is 41.1. The number of aliphatic hydroxyl groups excluding tert-OH is 2. The van der Waals surface area contributed by atoms with Crippen LogP contribution in [0, 0.1) is 0 Å². The summed E-state index contributed by atoms with van der Waals surface area (Å²) < 4.78 is 5.91. The Morgan fingerprint density at radius 2 is 0.842 bits per heavy atom. The van der Waals surface area contributed by atoms with Crippen molar-refractivity contribution in [2.24, 2.45) is 0 Å². The highest BCUT2D eigenvalue weighted by atomic mass is 16.5. The van der Waals surface area contributed by atoms with Crippen molar-refractivity contribution in [3.63, 3.8) is 0 Å². The molecule has 0 aromatic carbocycles. The molecule has 1 amide bonds. The van der Waals surface area contributed by atoms with Crippen LogP contribution in [0.2, 0.25) is 0 Å². The number of rotatable bonds is 46. The topological polar surface area (TPSA) is 95.9 Å². The molecule has 0 radical (unpaired) electrons. The van der Waals surface area contributed by atoms with Crippen molar-refractivity contribution in [1.82, 2.24) is 5.32 Å². The SMILES string of the molecule is CCCCC/C=C\CCCCCC(CC(=O)NC(CO)C(O)CCCCCCCCCCCCCC)OC(=O)CCCCCCCCCCCCCCCCCC. The average molecular weight is 806 g/mol. The molecule has 3 N–H and O–H groups in total. The van der Waals surface area contributed by atoms with Gasteiger partial charge in [0.2, 0.25) is 5.91 Å². The molecule has 57 heavy (non-hydrogen) atoms. The van der Waals surface area contributed by atoms with E-state index in [9.17, 15) is 19.8 Å². The van der Waals surface area contributed by atoms with Gasteiger partial charge >= 0.3 is 5.97 Å². The molecule has 0 saturated carbocycles. The Kier molecular flexibility index (Phi) is 44.6. The summed E-state index contributed by atoms with van der Waals surface area (Å²) in [5, 5.41) is 23.7. The predicted octanol–water partition coefficient (Wildman–Crippen LogP) is 15.0. The van der Waals surface area contributed by atoms with E-state index in [0.29, 0.717) is 19.3 Å². The van der Waals surface area contributed by atoms with Gasteiger partial charge in [0, 0.05) is 6.42 Å². The smallest absolute Gasteiger partial charge is 0.306 e. The summed E-state index contributed by atoms with van der Waals surface area (Å²) in [6.07, 6.45) is 49.9. The van der Waals surface area contributed by atoms with Crippen LogP contribution in [0.3, 0.4) is 0 Å². The molecule has 0 aliphatic heterocycles. The van der Waals surface area contributed by atoms with Gasteiger partial charge in [-0.2, -0.15) is 0 Å². The molecule has 6 heteroatoms. The zero-order chi connectivity index (χ0) is 41.7. The molecule has 0 aromatic heterocycles. The number of esters is 1. The minimum Gasteiger partial charge on any atom is -0.462 e. The minimum absolute atomic E-state index is 0.0733. The van der Waals surface area contributed by atoms with Gasteiger partial charge in [0.25, 0.3) is 0 Å². The molecule has 0 aromatic rings. The minimum atomic E-state index is -0.784. The lowest BCUT2D eigenvalue weighted by Gasteiger charge is -2.24. The molecule has 0 heterocycles. The molecule has 6 nitrogen and oxygen atoms in total. The molecule has 3 unspecified atom stereocenters. The summed E-state index contributed by atoms with van der Waals surface area (Å²) in [6, 6.07) is -0.698. The van der Waals surface area contributed by atoms with Gasteiger partial charge in [0.15, 0.2) is 0 Å². The third-order valence-corrected chi connectivity index (χ3v) is 11.8. The van der Waals surface area contributed by atoms with Crippen molar-refractivity contribution in [3.8, 4) is 0 Å². The fraction of sp³-hybridized carbons (Fsp3) is 0.922. The highest BCUT2D eigenvalue weighted by Crippen LogP contribution is 2.18. The molecule has 3 atom stereocenters. The molecule has 0 spiro atoms. The number of nitrogens with one attached hydrogen (secondary N) is 1. The van der Waals surface area contributed by atoms with Crippen LogP contribution in [0.25, 0.3) is 0 Å². The predicted molar refractivity (Wildman–Crippen MR) is 246 cm³/mol. The number of hydrogen-bond acceptors (Lipinski definition) is 5. The average Bonchev–Trinajstić information content (AvgIpc) is 3.20. The first kappa shape index (κ1) is 55.6. The Morgan fingerprint density at radius 1 is 0.491 bits per heavy atom. The van der Waals surface area contributed by atoms with E-state index in [1.165, 1.54) is 167 Å². The summed E-state index contributed by atoms with van der Waals surface area (Å²) in [5.41, 5.74) is 0. The molecule has 0 bridgehead atoms. The van der Waals surface area contributed by atoms with Gasteiger partial charge < -0.3 is 20.3 Å². The largest absolute Gasteiger partial charge is 0.462 e. The Hall–Kier alpha value is -1.40. The van der Waals surface area contributed by atoms with E-state index in [2.05, 4.69) is 38.2 Å². The summed E-state index contributed by atoms with van der Waals surface area (Å²) >= 11 is 0. The van der Waals surface area contributed by atoms with Gasteiger partial charge in [-0.1, -0.05) is 226 Å². The molecule has 0 rings (SSSR count). The van der Waals surface area contributed by atoms with Crippen LogP contribution in [0.5, 0.6) is 0 Å². The second kappa shape index (κ2) is 45.7. The first-order valence-corrected chi connectivity index (χ1v) is 25.4. The second-order valence-electron chi connectivity index (χ2n) is 17.6. The Labute approximate surface area is 355 Å². The number of ether oxygens (including phenoxy) is 1. The van der Waals surface area contributed by atoms with Gasteiger partial charge in [0.05, 0.1) is 25.2 Å². The fourth-order valence-corrected chi connectivity index (χ4v) is 7.96. The van der Waals surface area contributed by atoms with Crippen LogP contribution >= 0.6 is 0 Å². The number of hydrogen-bond donors (Lipinski definition) is 3. The van der Waals surface area contributed by atoms with E-state index in [1.54, 1.807) is 0 Å². The van der Waals surface area contributed by atoms with Gasteiger partial charge in [-0.15, -0.1) is 0 Å². The van der Waals surface area contributed by atoms with E-state index in [0.717, 1.165) is 64.2 Å². The maximum Gasteiger partial charge on any atom is 0.306 e. The maximum atomic E-state index is 13.1. The second-order valence-corrected chi connectivity index (χ2v) is 17.6. The van der Waals surface area contributed by atoms with Gasteiger partial charge in [-0.05, 0) is 51.4 Å². The van der Waals surface area contributed by atoms with Gasteiger partial charge in [0.1, 0.15) is 6.10 Å². The summed E-state index contributed by atoms with van der Waals surface area (Å²) in [6.45, 7) is 6.46. The van der Waals surface area contributed by atoms with E-state index in [1.807, 2.05) is 0 Å². The van der Waals surface area contributed by atoms with Crippen molar-refractivity contribution in [2.45, 2.75) is 296 Å². The number of carbonyl (C=O) groups is 2. The van der Waals surface area contributed by atoms with Crippen LogP contribution in [-0.4, -0.2) is 46.9 Å². The lowest BCUT2D eigenvalue weighted by Crippen LogP contribution is -2.46. The van der Waals surface area contributed by atoms with Gasteiger partial charge in [-0.3, -0.25) is 9.59 Å². The number of aliphatic hydroxyl groups is 2. The van der Waals surface area contributed by atoms with Crippen molar-refractivity contribution >= 4 is 11.9 Å². The molecule has 0 saturated heterocycles. The Balaban J connectivity index is 4.47. The maximum absolute atomic E-state index is 13.1. The van der Waals surface area contributed by atoms with Crippen LogP contribution in [0.15, 0.2) is 12.2 Å². The highest BCUT2D eigenvalue weighted by Gasteiger charge is 2.24. The molecular formula is C51H99NO5. The lowest BCUT2D eigenvalue weighted by molar-refractivity contribution is -0.151. The fourth-order valence-electron chi connectivity index (χ4n) is 7.96. The summed E-state index contributed by atoms with van der Waals surface area (Å²) in [5.74, 6) is -0.475. The van der Waals surface area contributed by atoms with Crippen LogP contribution < -0.4 is 5.32 Å². The van der Waals surface area contributed by atoms with Crippen molar-refractivity contribution in [3.05, 3.63) is 12.2 Å². The first-order valence-electron chi connectivity index (χ1n) is 25.4. The molecule has 0 aliphatic rings. The first-order chi connectivity index (χ1) is 28.0. The van der Waals surface area contributed by atoms with Gasteiger partial charge in [-0.25, -0.2) is 0 Å². The standard InChI is InChI=1S/C51H99NO5/c1-4-7-10-13-16-19-22-24-25-26-27-29-32-35-38-41-44-51(56)57-47(42-39-36-33-30-21-18-15-12-9-6-3)45-50(55)52-48(46-53)49(54)43-40-37-34-31-28-23-20-17-14-11-8-5-2/h18,21,47-49,53-54H,4-17,19-20,22-46H2,1-3H3,(H,52,55)/b21-18-. The molecule has 338 valence electrons. The highest BCUT2D eigenvalue weighted by molar-refractivity contribution is 5.77. The monoisotopic (exact) mass is 806 g/mol. The number of carbonyl (C=O) groups excluding carboxylic acids is 2. The van der Waals surface area contributed by atoms with Crippen molar-refractivity contribution in [2.75, 3.05) is 6.61 Å². The van der Waals surface area contributed by atoms with Crippen LogP contribution in [0.1, 0.15) is 278 Å². The molecule has 0 fully saturated rings. The van der Waals surface area contributed by atoms with E-state index in [4.69, 9.17) is 4.74 Å². The third-order valence-electron chi connectivity index (χ3n) is 11.8. The zero-order valence-electron chi connectivity index (χ0n) is 38.5. The Morgan fingerprint density at radius 3 is 1.28 bits per heavy atom. The van der Waals surface area contributed by atoms with E-state index < -0.39 is 18.2 Å². The summed E-state index contributed by atoms with van der Waals surface area (Å²) in [4.78, 5) is 26.1. The number of unbranched alkanes of at least 4 members (excludes halogenated alkanes) is 32. The lowest BCUT2D eigenvalue weighted by atomic mass is 10.0.